The van der Waals surface area contributed by atoms with Crippen molar-refractivity contribution in [1.82, 2.24) is 29.4 Å². The minimum Gasteiger partial charge on any atom is -0.432 e. The van der Waals surface area contributed by atoms with Crippen LogP contribution in [0.5, 0.6) is 5.75 Å². The predicted molar refractivity (Wildman–Crippen MR) is 127 cm³/mol. The van der Waals surface area contributed by atoms with Crippen molar-refractivity contribution in [2.45, 2.75) is 58.3 Å². The smallest absolute Gasteiger partial charge is 0.387 e. The molecular formula is C23H27F3N8O2. The molecule has 1 atom stereocenters. The van der Waals surface area contributed by atoms with Gasteiger partial charge in [-0.3, -0.25) is 4.68 Å². The summed E-state index contributed by atoms with van der Waals surface area (Å²) < 4.78 is 47.0. The zero-order valence-corrected chi connectivity index (χ0v) is 20.1. The van der Waals surface area contributed by atoms with E-state index in [9.17, 15) is 18.3 Å². The van der Waals surface area contributed by atoms with Gasteiger partial charge in [-0.15, -0.1) is 5.10 Å². The predicted octanol–water partition coefficient (Wildman–Crippen LogP) is 3.26. The van der Waals surface area contributed by atoms with Crippen molar-refractivity contribution in [2.75, 3.05) is 23.7 Å². The van der Waals surface area contributed by atoms with E-state index in [2.05, 4.69) is 29.8 Å². The van der Waals surface area contributed by atoms with Crippen LogP contribution in [-0.2, 0) is 6.54 Å². The Morgan fingerprint density at radius 1 is 1.25 bits per heavy atom. The maximum Gasteiger partial charge on any atom is 0.387 e. The number of rotatable bonds is 6. The molecule has 0 aliphatic carbocycles. The Balaban J connectivity index is 1.47. The molecule has 4 aromatic rings. The van der Waals surface area contributed by atoms with Gasteiger partial charge in [-0.25, -0.2) is 14.4 Å². The summed E-state index contributed by atoms with van der Waals surface area (Å²) in [5.74, 6) is -1.06. The molecule has 1 saturated heterocycles. The van der Waals surface area contributed by atoms with E-state index in [1.54, 1.807) is 18.5 Å². The highest BCUT2D eigenvalue weighted by Crippen LogP contribution is 2.33. The van der Waals surface area contributed by atoms with E-state index in [1.807, 2.05) is 13.1 Å². The van der Waals surface area contributed by atoms with Gasteiger partial charge in [0.1, 0.15) is 0 Å². The highest BCUT2D eigenvalue weighted by molar-refractivity contribution is 5.93. The van der Waals surface area contributed by atoms with Gasteiger partial charge in [0.15, 0.2) is 23.0 Å². The summed E-state index contributed by atoms with van der Waals surface area (Å²) in [7, 11) is 0. The minimum absolute atomic E-state index is 0.00209. The fraction of sp³-hybridized carbons (Fsp3) is 0.478. The number of alkyl halides is 2. The van der Waals surface area contributed by atoms with Crippen molar-refractivity contribution in [2.24, 2.45) is 0 Å². The molecule has 0 radical (unpaired) electrons. The third kappa shape index (κ3) is 4.62. The van der Waals surface area contributed by atoms with Crippen molar-refractivity contribution in [1.29, 1.82) is 0 Å². The van der Waals surface area contributed by atoms with Crippen LogP contribution in [0.4, 0.5) is 24.8 Å². The third-order valence-corrected chi connectivity index (χ3v) is 6.18. The minimum atomic E-state index is -3.17. The molecule has 1 fully saturated rings. The summed E-state index contributed by atoms with van der Waals surface area (Å²) in [6.45, 7) is 4.08. The molecule has 0 spiro atoms. The van der Waals surface area contributed by atoms with Gasteiger partial charge >= 0.3 is 6.61 Å². The van der Waals surface area contributed by atoms with Gasteiger partial charge in [0.25, 0.3) is 0 Å². The SMILES string of the molecule is Cc1nn(CC(C)(C)O)cc1N1CCCC(c2nc3c4cc(F)c(OC(F)F)cc4nc(N)n3n2)C1. The molecule has 36 heavy (non-hydrogen) atoms. The Kier molecular flexibility index (Phi) is 5.89. The monoisotopic (exact) mass is 504 g/mol. The maximum absolute atomic E-state index is 14.4. The Labute approximate surface area is 204 Å². The van der Waals surface area contributed by atoms with E-state index in [0.717, 1.165) is 42.9 Å². The molecular weight excluding hydrogens is 477 g/mol. The summed E-state index contributed by atoms with van der Waals surface area (Å²) in [5, 5.41) is 19.5. The number of aliphatic hydroxyl groups is 1. The average Bonchev–Trinajstić information content (AvgIpc) is 3.38. The lowest BCUT2D eigenvalue weighted by Gasteiger charge is -2.32. The zero-order valence-electron chi connectivity index (χ0n) is 20.1. The lowest BCUT2D eigenvalue weighted by Crippen LogP contribution is -2.35. The van der Waals surface area contributed by atoms with E-state index in [0.29, 0.717) is 29.9 Å². The molecule has 1 aromatic carbocycles. The number of ether oxygens (including phenoxy) is 1. The van der Waals surface area contributed by atoms with E-state index in [1.165, 1.54) is 4.52 Å². The summed E-state index contributed by atoms with van der Waals surface area (Å²) in [6.07, 6.45) is 3.67. The van der Waals surface area contributed by atoms with Gasteiger partial charge in [-0.1, -0.05) is 0 Å². The normalized spacial score (nSPS) is 17.0. The number of halogens is 3. The summed E-state index contributed by atoms with van der Waals surface area (Å²) in [4.78, 5) is 11.1. The van der Waals surface area contributed by atoms with Gasteiger partial charge in [0.2, 0.25) is 5.95 Å². The Morgan fingerprint density at radius 2 is 2.03 bits per heavy atom. The Bertz CT molecular complexity index is 1430. The molecule has 0 amide bonds. The first-order chi connectivity index (χ1) is 17.0. The highest BCUT2D eigenvalue weighted by atomic mass is 19.3. The maximum atomic E-state index is 14.4. The molecule has 10 nitrogen and oxygen atoms in total. The number of benzene rings is 1. The van der Waals surface area contributed by atoms with Crippen molar-refractivity contribution in [3.05, 3.63) is 35.7 Å². The first-order valence-electron chi connectivity index (χ1n) is 11.6. The van der Waals surface area contributed by atoms with E-state index in [-0.39, 0.29) is 17.4 Å². The number of nitrogens with two attached hydrogens (primary N) is 1. The first-order valence-corrected chi connectivity index (χ1v) is 11.6. The van der Waals surface area contributed by atoms with E-state index < -0.39 is 23.8 Å². The number of aromatic nitrogens is 6. The van der Waals surface area contributed by atoms with E-state index in [4.69, 9.17) is 5.73 Å². The van der Waals surface area contributed by atoms with Crippen LogP contribution in [0, 0.1) is 12.7 Å². The van der Waals surface area contributed by atoms with E-state index >= 15 is 0 Å². The van der Waals surface area contributed by atoms with Crippen LogP contribution in [0.1, 0.15) is 44.1 Å². The van der Waals surface area contributed by atoms with Gasteiger partial charge in [-0.05, 0) is 39.7 Å². The molecule has 3 aromatic heterocycles. The first kappa shape index (κ1) is 24.1. The molecule has 5 rings (SSSR count). The van der Waals surface area contributed by atoms with Crippen LogP contribution in [0.25, 0.3) is 16.6 Å². The molecule has 1 aliphatic heterocycles. The Hall–Kier alpha value is -3.61. The summed E-state index contributed by atoms with van der Waals surface area (Å²) >= 11 is 0. The standard InChI is InChI=1S/C23H27F3N8O2/c1-12-17(10-33(30-12)11-23(2,3)35)32-6-4-5-13(9-32)19-29-20-14-7-15(24)18(36-21(25)26)8-16(14)28-22(27)34(20)31-19/h7-8,10,13,21,35H,4-6,9,11H2,1-3H3,(H2,27,28). The summed E-state index contributed by atoms with van der Waals surface area (Å²) in [5.41, 5.74) is 7.50. The number of aryl methyl sites for hydroxylation is 1. The van der Waals surface area contributed by atoms with Crippen LogP contribution in [0.3, 0.4) is 0 Å². The van der Waals surface area contributed by atoms with Crippen molar-refractivity contribution in [3.63, 3.8) is 0 Å². The zero-order chi connectivity index (χ0) is 25.8. The van der Waals surface area contributed by atoms with Crippen LogP contribution >= 0.6 is 0 Å². The fourth-order valence-electron chi connectivity index (χ4n) is 4.71. The lowest BCUT2D eigenvalue weighted by molar-refractivity contribution is -0.0520. The van der Waals surface area contributed by atoms with Gasteiger partial charge in [0.05, 0.1) is 29.0 Å². The quantitative estimate of drug-likeness (QED) is 0.411. The number of anilines is 2. The molecule has 13 heteroatoms. The molecule has 4 heterocycles. The van der Waals surface area contributed by atoms with Crippen molar-refractivity contribution in [3.8, 4) is 5.75 Å². The van der Waals surface area contributed by atoms with Gasteiger partial charge in [0, 0.05) is 36.7 Å². The second kappa shape index (κ2) is 8.80. The van der Waals surface area contributed by atoms with Crippen LogP contribution in [-0.4, -0.2) is 59.8 Å². The molecule has 0 saturated carbocycles. The fourth-order valence-corrected chi connectivity index (χ4v) is 4.71. The number of nitrogens with zero attached hydrogens (tertiary/aromatic N) is 7. The van der Waals surface area contributed by atoms with Crippen molar-refractivity contribution < 1.29 is 23.0 Å². The average molecular weight is 505 g/mol. The number of nitrogen functional groups attached to an aromatic ring is 1. The molecule has 0 bridgehead atoms. The number of piperidine rings is 1. The van der Waals surface area contributed by atoms with Crippen LogP contribution < -0.4 is 15.4 Å². The topological polar surface area (TPSA) is 120 Å². The number of fused-ring (bicyclic) bond motifs is 3. The lowest BCUT2D eigenvalue weighted by atomic mass is 9.97. The third-order valence-electron chi connectivity index (χ3n) is 6.18. The second-order valence-corrected chi connectivity index (χ2v) is 9.75. The molecule has 1 unspecified atom stereocenters. The van der Waals surface area contributed by atoms with Crippen LogP contribution in [0.15, 0.2) is 18.3 Å². The highest BCUT2D eigenvalue weighted by Gasteiger charge is 2.28. The molecule has 192 valence electrons. The van der Waals surface area contributed by atoms with Crippen molar-refractivity contribution >= 4 is 28.2 Å². The largest absolute Gasteiger partial charge is 0.432 e. The number of hydrogen-bond acceptors (Lipinski definition) is 8. The second-order valence-electron chi connectivity index (χ2n) is 9.75. The Morgan fingerprint density at radius 3 is 2.75 bits per heavy atom. The molecule has 1 aliphatic rings. The van der Waals surface area contributed by atoms with Gasteiger partial charge < -0.3 is 20.5 Å². The summed E-state index contributed by atoms with van der Waals surface area (Å²) in [6, 6.07) is 2.14. The number of hydrogen-bond donors (Lipinski definition) is 2. The van der Waals surface area contributed by atoms with Crippen LogP contribution in [0.2, 0.25) is 0 Å². The van der Waals surface area contributed by atoms with Gasteiger partial charge in [-0.2, -0.15) is 18.4 Å². The molecule has 3 N–H and O–H groups in total.